The third-order valence-corrected chi connectivity index (χ3v) is 4.70. The maximum absolute atomic E-state index is 12.6. The standard InChI is InChI=1S/C14H25F3N2/c1-10(9-18-13-3-4-13)11(2)19-7-5-12(6-8-19)14(15,16)17/h10-13,18H,3-9H2,1-2H3. The van der Waals surface area contributed by atoms with Crippen LogP contribution in [0.25, 0.3) is 0 Å². The number of alkyl halides is 3. The van der Waals surface area contributed by atoms with Crippen molar-refractivity contribution in [2.75, 3.05) is 19.6 Å². The maximum atomic E-state index is 12.6. The van der Waals surface area contributed by atoms with Gasteiger partial charge in [0.15, 0.2) is 0 Å². The first kappa shape index (κ1) is 15.1. The zero-order valence-corrected chi connectivity index (χ0v) is 11.8. The monoisotopic (exact) mass is 278 g/mol. The van der Waals surface area contributed by atoms with E-state index in [1.165, 1.54) is 12.8 Å². The second kappa shape index (κ2) is 6.00. The lowest BCUT2D eigenvalue weighted by atomic mass is 9.93. The van der Waals surface area contributed by atoms with Crippen LogP contribution in [0.3, 0.4) is 0 Å². The van der Waals surface area contributed by atoms with Crippen molar-refractivity contribution in [1.82, 2.24) is 10.2 Å². The van der Waals surface area contributed by atoms with E-state index in [2.05, 4.69) is 24.1 Å². The molecule has 2 fully saturated rings. The molecule has 1 aliphatic heterocycles. The Bertz CT molecular complexity index is 281. The lowest BCUT2D eigenvalue weighted by Crippen LogP contribution is -2.47. The van der Waals surface area contributed by atoms with Gasteiger partial charge in [-0.2, -0.15) is 13.2 Å². The number of likely N-dealkylation sites (tertiary alicyclic amines) is 1. The van der Waals surface area contributed by atoms with Crippen molar-refractivity contribution < 1.29 is 13.2 Å². The van der Waals surface area contributed by atoms with E-state index in [-0.39, 0.29) is 12.8 Å². The van der Waals surface area contributed by atoms with Gasteiger partial charge >= 0.3 is 6.18 Å². The third-order valence-electron chi connectivity index (χ3n) is 4.70. The van der Waals surface area contributed by atoms with Crippen LogP contribution >= 0.6 is 0 Å². The van der Waals surface area contributed by atoms with E-state index < -0.39 is 12.1 Å². The van der Waals surface area contributed by atoms with E-state index in [1.807, 2.05) is 0 Å². The minimum Gasteiger partial charge on any atom is -0.314 e. The normalized spacial score (nSPS) is 26.4. The molecule has 0 aromatic heterocycles. The first-order valence-corrected chi connectivity index (χ1v) is 7.42. The molecule has 1 heterocycles. The summed E-state index contributed by atoms with van der Waals surface area (Å²) < 4.78 is 37.8. The molecule has 0 aromatic rings. The maximum Gasteiger partial charge on any atom is 0.391 e. The van der Waals surface area contributed by atoms with Crippen molar-refractivity contribution >= 4 is 0 Å². The van der Waals surface area contributed by atoms with Gasteiger partial charge in [-0.05, 0) is 58.2 Å². The Morgan fingerprint density at radius 3 is 2.16 bits per heavy atom. The van der Waals surface area contributed by atoms with Crippen molar-refractivity contribution in [2.45, 2.75) is 57.8 Å². The van der Waals surface area contributed by atoms with Crippen LogP contribution in [0, 0.1) is 11.8 Å². The summed E-state index contributed by atoms with van der Waals surface area (Å²) in [6.45, 7) is 6.48. The van der Waals surface area contributed by atoms with E-state index in [9.17, 15) is 13.2 Å². The van der Waals surface area contributed by atoms with Gasteiger partial charge in [0.05, 0.1) is 5.92 Å². The van der Waals surface area contributed by atoms with Gasteiger partial charge in [0, 0.05) is 12.1 Å². The molecule has 2 rings (SSSR count). The van der Waals surface area contributed by atoms with E-state index in [1.54, 1.807) is 0 Å². The van der Waals surface area contributed by atoms with Crippen molar-refractivity contribution in [3.8, 4) is 0 Å². The summed E-state index contributed by atoms with van der Waals surface area (Å²) in [5, 5.41) is 3.50. The van der Waals surface area contributed by atoms with Crippen LogP contribution in [0.15, 0.2) is 0 Å². The van der Waals surface area contributed by atoms with E-state index in [0.29, 0.717) is 31.1 Å². The number of hydrogen-bond donors (Lipinski definition) is 1. The molecule has 1 N–H and O–H groups in total. The molecule has 2 nitrogen and oxygen atoms in total. The molecule has 2 aliphatic rings. The van der Waals surface area contributed by atoms with Gasteiger partial charge in [0.2, 0.25) is 0 Å². The van der Waals surface area contributed by atoms with Gasteiger partial charge in [-0.25, -0.2) is 0 Å². The number of nitrogens with zero attached hydrogens (tertiary/aromatic N) is 1. The molecule has 5 heteroatoms. The fraction of sp³-hybridized carbons (Fsp3) is 1.00. The molecule has 0 bridgehead atoms. The van der Waals surface area contributed by atoms with Crippen molar-refractivity contribution in [3.05, 3.63) is 0 Å². The Hall–Kier alpha value is -0.290. The minimum atomic E-state index is -4.01. The fourth-order valence-corrected chi connectivity index (χ4v) is 2.80. The average molecular weight is 278 g/mol. The van der Waals surface area contributed by atoms with Crippen LogP contribution < -0.4 is 5.32 Å². The molecule has 0 amide bonds. The summed E-state index contributed by atoms with van der Waals surface area (Å²) in [5.74, 6) is -0.598. The highest BCUT2D eigenvalue weighted by molar-refractivity contribution is 4.85. The van der Waals surface area contributed by atoms with Gasteiger partial charge in [-0.15, -0.1) is 0 Å². The first-order valence-electron chi connectivity index (χ1n) is 7.42. The number of rotatable bonds is 5. The summed E-state index contributed by atoms with van der Waals surface area (Å²) in [6.07, 6.45) is -0.933. The summed E-state index contributed by atoms with van der Waals surface area (Å²) in [6, 6.07) is 1.06. The lowest BCUT2D eigenvalue weighted by molar-refractivity contribution is -0.186. The molecule has 112 valence electrons. The van der Waals surface area contributed by atoms with Gasteiger partial charge in [0.1, 0.15) is 0 Å². The summed E-state index contributed by atoms with van der Waals surface area (Å²) in [5.41, 5.74) is 0. The Morgan fingerprint density at radius 1 is 1.11 bits per heavy atom. The van der Waals surface area contributed by atoms with Crippen LogP contribution in [-0.2, 0) is 0 Å². The highest BCUT2D eigenvalue weighted by Crippen LogP contribution is 2.35. The molecule has 0 aromatic carbocycles. The topological polar surface area (TPSA) is 15.3 Å². The van der Waals surface area contributed by atoms with E-state index >= 15 is 0 Å². The molecule has 1 saturated heterocycles. The van der Waals surface area contributed by atoms with Crippen LogP contribution in [0.5, 0.6) is 0 Å². The van der Waals surface area contributed by atoms with Crippen molar-refractivity contribution in [1.29, 1.82) is 0 Å². The number of piperidine rings is 1. The van der Waals surface area contributed by atoms with E-state index in [4.69, 9.17) is 0 Å². The molecular formula is C14H25F3N2. The summed E-state index contributed by atoms with van der Waals surface area (Å²) in [7, 11) is 0. The van der Waals surface area contributed by atoms with Gasteiger partial charge < -0.3 is 10.2 Å². The van der Waals surface area contributed by atoms with Crippen LogP contribution in [0.1, 0.15) is 39.5 Å². The summed E-state index contributed by atoms with van der Waals surface area (Å²) >= 11 is 0. The second-order valence-corrected chi connectivity index (χ2v) is 6.25. The predicted molar refractivity (Wildman–Crippen MR) is 70.0 cm³/mol. The summed E-state index contributed by atoms with van der Waals surface area (Å²) in [4.78, 5) is 2.22. The zero-order valence-electron chi connectivity index (χ0n) is 11.8. The fourth-order valence-electron chi connectivity index (χ4n) is 2.80. The molecular weight excluding hydrogens is 253 g/mol. The Labute approximate surface area is 113 Å². The molecule has 2 unspecified atom stereocenters. The average Bonchev–Trinajstić information content (AvgIpc) is 3.18. The van der Waals surface area contributed by atoms with Gasteiger partial charge in [0.25, 0.3) is 0 Å². The Balaban J connectivity index is 1.73. The van der Waals surface area contributed by atoms with Crippen LogP contribution in [0.2, 0.25) is 0 Å². The van der Waals surface area contributed by atoms with Crippen molar-refractivity contribution in [3.63, 3.8) is 0 Å². The highest BCUT2D eigenvalue weighted by atomic mass is 19.4. The van der Waals surface area contributed by atoms with Crippen LogP contribution in [-0.4, -0.2) is 42.8 Å². The molecule has 0 radical (unpaired) electrons. The number of hydrogen-bond acceptors (Lipinski definition) is 2. The lowest BCUT2D eigenvalue weighted by Gasteiger charge is -2.39. The molecule has 2 atom stereocenters. The van der Waals surface area contributed by atoms with Gasteiger partial charge in [-0.1, -0.05) is 6.92 Å². The Kier molecular flexibility index (Phi) is 4.77. The zero-order chi connectivity index (χ0) is 14.0. The second-order valence-electron chi connectivity index (χ2n) is 6.25. The third kappa shape index (κ3) is 4.35. The number of nitrogens with one attached hydrogen (secondary N) is 1. The molecule has 0 spiro atoms. The first-order chi connectivity index (χ1) is 8.88. The minimum absolute atomic E-state index is 0.261. The predicted octanol–water partition coefficient (Wildman–Crippen LogP) is 3.04. The quantitative estimate of drug-likeness (QED) is 0.831. The van der Waals surface area contributed by atoms with E-state index in [0.717, 1.165) is 6.54 Å². The van der Waals surface area contributed by atoms with Crippen molar-refractivity contribution in [2.24, 2.45) is 11.8 Å². The molecule has 19 heavy (non-hydrogen) atoms. The highest BCUT2D eigenvalue weighted by Gasteiger charge is 2.41. The van der Waals surface area contributed by atoms with Crippen LogP contribution in [0.4, 0.5) is 13.2 Å². The smallest absolute Gasteiger partial charge is 0.314 e. The largest absolute Gasteiger partial charge is 0.391 e. The molecule has 1 saturated carbocycles. The number of halogens is 3. The van der Waals surface area contributed by atoms with Gasteiger partial charge in [-0.3, -0.25) is 0 Å². The SMILES string of the molecule is CC(CNC1CC1)C(C)N1CCC(C(F)(F)F)CC1. The molecule has 1 aliphatic carbocycles. The Morgan fingerprint density at radius 2 is 1.68 bits per heavy atom.